The molecule has 0 amide bonds. The van der Waals surface area contributed by atoms with E-state index in [0.717, 1.165) is 0 Å². The molecule has 26 heavy (non-hydrogen) atoms. The van der Waals surface area contributed by atoms with Gasteiger partial charge in [0.2, 0.25) is 0 Å². The van der Waals surface area contributed by atoms with Gasteiger partial charge >= 0.3 is 41.3 Å². The quantitative estimate of drug-likeness (QED) is 0.334. The van der Waals surface area contributed by atoms with Crippen molar-refractivity contribution >= 4 is 24.8 Å². The van der Waals surface area contributed by atoms with E-state index >= 15 is 0 Å². The van der Waals surface area contributed by atoms with Gasteiger partial charge < -0.3 is 24.8 Å². The summed E-state index contributed by atoms with van der Waals surface area (Å²) in [7, 11) is 0. The fourth-order valence-electron chi connectivity index (χ4n) is 2.65. The zero-order chi connectivity index (χ0) is 17.5. The smallest absolute Gasteiger partial charge is 0.0488 e. The van der Waals surface area contributed by atoms with E-state index in [-0.39, 0.29) is 24.8 Å². The Morgan fingerprint density at radius 1 is 0.692 bits per heavy atom. The first-order valence-electron chi connectivity index (χ1n) is 8.23. The van der Waals surface area contributed by atoms with Gasteiger partial charge in [0.25, 0.3) is 0 Å². The van der Waals surface area contributed by atoms with Gasteiger partial charge in [0, 0.05) is 0 Å². The Balaban J connectivity index is 0.000000378. The second-order valence-corrected chi connectivity index (χ2v) is 8.67. The summed E-state index contributed by atoms with van der Waals surface area (Å²) in [5.74, 6) is 0. The third-order valence-electron chi connectivity index (χ3n) is 3.79. The van der Waals surface area contributed by atoms with E-state index in [4.69, 9.17) is 0 Å². The monoisotopic (exact) mass is 460 g/mol. The van der Waals surface area contributed by atoms with Crippen LogP contribution in [0, 0.1) is 13.8 Å². The van der Waals surface area contributed by atoms with Crippen LogP contribution in [0.1, 0.15) is 25.0 Å². The zero-order valence-electron chi connectivity index (χ0n) is 15.7. The van der Waals surface area contributed by atoms with Crippen LogP contribution in [0.4, 0.5) is 0 Å². The number of hydrogen-bond donors (Lipinski definition) is 0. The maximum atomic E-state index is 2.16. The number of halogens is 2. The average molecular weight is 463 g/mol. The molecule has 0 atom stereocenters. The van der Waals surface area contributed by atoms with Gasteiger partial charge in [-0.15, -0.1) is 57.9 Å². The molecule has 4 aromatic rings. The van der Waals surface area contributed by atoms with Crippen molar-refractivity contribution in [1.29, 1.82) is 0 Å². The van der Waals surface area contributed by atoms with E-state index in [1.165, 1.54) is 35.9 Å². The van der Waals surface area contributed by atoms with Gasteiger partial charge in [-0.25, -0.2) is 0 Å². The molecule has 4 aromatic carbocycles. The van der Waals surface area contributed by atoms with Crippen LogP contribution in [0.5, 0.6) is 0 Å². The second kappa shape index (κ2) is 12.4. The molecule has 0 aliphatic heterocycles. The summed E-state index contributed by atoms with van der Waals surface area (Å²) in [6.45, 7) is 8.53. The molecule has 4 rings (SSSR count). The van der Waals surface area contributed by atoms with Gasteiger partial charge in [0.15, 0.2) is 0 Å². The standard InChI is InChI=1S/2C10H9.C3H6.2ClH.Zr/c2*1-8-4-2-5-9-6-3-7-10(8)9;1-3-2;;;/h2*2-7H,1H3;1-2H3;2*1H;/q2*-1;;;;+2/p-2. The molecule has 0 fully saturated rings. The molecule has 0 unspecified atom stereocenters. The van der Waals surface area contributed by atoms with E-state index in [1.54, 1.807) is 24.2 Å². The molecule has 0 saturated carbocycles. The molecule has 0 aromatic heterocycles. The van der Waals surface area contributed by atoms with Crippen molar-refractivity contribution in [3.05, 3.63) is 83.9 Å². The van der Waals surface area contributed by atoms with Gasteiger partial charge in [-0.3, -0.25) is 0 Å². The first kappa shape index (κ1) is 25.0. The minimum atomic E-state index is 0. The van der Waals surface area contributed by atoms with Crippen molar-refractivity contribution in [2.75, 3.05) is 0 Å². The predicted molar refractivity (Wildman–Crippen MR) is 105 cm³/mol. The Labute approximate surface area is 184 Å². The Morgan fingerprint density at radius 3 is 1.35 bits per heavy atom. The Hall–Kier alpha value is -1.01. The molecule has 0 N–H and O–H groups in total. The first-order chi connectivity index (χ1) is 11.5. The van der Waals surface area contributed by atoms with Crippen LogP contribution in [0.2, 0.25) is 0 Å². The van der Waals surface area contributed by atoms with Crippen molar-refractivity contribution in [1.82, 2.24) is 0 Å². The first-order valence-corrected chi connectivity index (χ1v) is 9.46. The van der Waals surface area contributed by atoms with E-state index in [0.29, 0.717) is 0 Å². The van der Waals surface area contributed by atoms with Crippen molar-refractivity contribution < 1.29 is 49.0 Å². The SMILES string of the molecule is C[C](C)=[Zr+2].Cc1cccc2[cH-]ccc12.Cc1cccc2[cH-]ccc12.[Cl-].[Cl-]. The topological polar surface area (TPSA) is 0 Å². The third kappa shape index (κ3) is 7.31. The van der Waals surface area contributed by atoms with Crippen LogP contribution >= 0.6 is 0 Å². The maximum absolute atomic E-state index is 2.16. The van der Waals surface area contributed by atoms with Gasteiger partial charge in [-0.05, 0) is 13.8 Å². The molecule has 0 heterocycles. The van der Waals surface area contributed by atoms with E-state index in [1.807, 2.05) is 0 Å². The summed E-state index contributed by atoms with van der Waals surface area (Å²) in [5.41, 5.74) is 2.73. The van der Waals surface area contributed by atoms with E-state index in [2.05, 4.69) is 100 Å². The summed E-state index contributed by atoms with van der Waals surface area (Å²) >= 11 is 1.55. The maximum Gasteiger partial charge on any atom is -0.0488 e. The van der Waals surface area contributed by atoms with Crippen LogP contribution in [-0.4, -0.2) is 3.21 Å². The van der Waals surface area contributed by atoms with Crippen LogP contribution in [0.25, 0.3) is 21.5 Å². The van der Waals surface area contributed by atoms with E-state index in [9.17, 15) is 0 Å². The number of rotatable bonds is 0. The molecule has 0 nitrogen and oxygen atoms in total. The summed E-state index contributed by atoms with van der Waals surface area (Å²) in [4.78, 5) is 0. The number of hydrogen-bond acceptors (Lipinski definition) is 0. The second-order valence-electron chi connectivity index (χ2n) is 6.21. The Morgan fingerprint density at radius 2 is 1.04 bits per heavy atom. The van der Waals surface area contributed by atoms with Gasteiger partial charge in [0.05, 0.1) is 0 Å². The summed E-state index contributed by atoms with van der Waals surface area (Å²) < 4.78 is 1.51. The largest absolute Gasteiger partial charge is 1.00 e. The van der Waals surface area contributed by atoms with Crippen molar-refractivity contribution in [3.63, 3.8) is 0 Å². The minimum Gasteiger partial charge on any atom is -1.00 e. The summed E-state index contributed by atoms with van der Waals surface area (Å²) in [6, 6.07) is 25.5. The zero-order valence-corrected chi connectivity index (χ0v) is 19.7. The van der Waals surface area contributed by atoms with Gasteiger partial charge in [-0.1, -0.05) is 23.3 Å². The van der Waals surface area contributed by atoms with Gasteiger partial charge in [0.1, 0.15) is 0 Å². The molecule has 0 radical (unpaired) electrons. The number of fused-ring (bicyclic) bond motifs is 2. The number of benzene rings is 2. The summed E-state index contributed by atoms with van der Waals surface area (Å²) in [5, 5.41) is 5.45. The predicted octanol–water partition coefficient (Wildman–Crippen LogP) is 0.488. The average Bonchev–Trinajstić information content (AvgIpc) is 3.17. The van der Waals surface area contributed by atoms with Crippen LogP contribution in [-0.2, 0) is 24.2 Å². The molecule has 0 bridgehead atoms. The van der Waals surface area contributed by atoms with Crippen molar-refractivity contribution in [2.24, 2.45) is 0 Å². The Kier molecular flexibility index (Phi) is 11.9. The summed E-state index contributed by atoms with van der Waals surface area (Å²) in [6.07, 6.45) is 0. The van der Waals surface area contributed by atoms with Crippen molar-refractivity contribution in [2.45, 2.75) is 27.7 Å². The molecule has 0 spiro atoms. The molecule has 0 aliphatic rings. The fraction of sp³-hybridized carbons (Fsp3) is 0.174. The molecular weight excluding hydrogens is 438 g/mol. The number of aryl methyl sites for hydroxylation is 2. The molecule has 136 valence electrons. The van der Waals surface area contributed by atoms with E-state index < -0.39 is 0 Å². The fourth-order valence-corrected chi connectivity index (χ4v) is 2.65. The molecule has 0 aliphatic carbocycles. The molecular formula is C23H24Cl2Zr-2. The molecule has 0 saturated heterocycles. The minimum absolute atomic E-state index is 0. The van der Waals surface area contributed by atoms with Crippen LogP contribution in [0.3, 0.4) is 0 Å². The Bertz CT molecular complexity index is 855. The van der Waals surface area contributed by atoms with Crippen LogP contribution in [0.15, 0.2) is 72.8 Å². The van der Waals surface area contributed by atoms with Gasteiger partial charge in [-0.2, -0.15) is 24.3 Å². The normalized spacial score (nSPS) is 9.15. The van der Waals surface area contributed by atoms with Crippen LogP contribution < -0.4 is 24.8 Å². The third-order valence-corrected chi connectivity index (χ3v) is 3.79. The van der Waals surface area contributed by atoms with Crippen molar-refractivity contribution in [3.8, 4) is 0 Å². The molecule has 3 heteroatoms.